The highest BCUT2D eigenvalue weighted by molar-refractivity contribution is 7.85. The maximum atomic E-state index is 12.2. The molecular formula is C19H36N4O5S. The van der Waals surface area contributed by atoms with E-state index in [4.69, 9.17) is 0 Å². The van der Waals surface area contributed by atoms with Crippen molar-refractivity contribution in [3.05, 3.63) is 11.5 Å². The van der Waals surface area contributed by atoms with Crippen LogP contribution in [0.5, 0.6) is 0 Å². The molecule has 168 valence electrons. The van der Waals surface area contributed by atoms with E-state index in [0.29, 0.717) is 17.9 Å². The van der Waals surface area contributed by atoms with E-state index in [1.165, 1.54) is 37.0 Å². The molecule has 0 fully saturated rings. The SMILES string of the molecule is CCCCCCCCCn1c(C)nc(N(C)C=O)c1C(=O)NC.COS(C)(=O)=O. The molecule has 10 heteroatoms. The summed E-state index contributed by atoms with van der Waals surface area (Å²) in [7, 11) is 1.16. The number of aromatic nitrogens is 2. The van der Waals surface area contributed by atoms with Crippen molar-refractivity contribution < 1.29 is 22.2 Å². The Labute approximate surface area is 174 Å². The number of aryl methyl sites for hydroxylation is 1. The summed E-state index contributed by atoms with van der Waals surface area (Å²) in [6.07, 6.45) is 10.2. The van der Waals surface area contributed by atoms with Crippen molar-refractivity contribution in [2.45, 2.75) is 65.3 Å². The van der Waals surface area contributed by atoms with Crippen LogP contribution in [0, 0.1) is 6.92 Å². The van der Waals surface area contributed by atoms with Gasteiger partial charge >= 0.3 is 0 Å². The molecule has 0 saturated heterocycles. The number of imidazole rings is 1. The van der Waals surface area contributed by atoms with Gasteiger partial charge in [0.15, 0.2) is 11.5 Å². The minimum Gasteiger partial charge on any atom is -0.354 e. The minimum absolute atomic E-state index is 0.211. The quantitative estimate of drug-likeness (QED) is 0.309. The average molecular weight is 433 g/mol. The molecule has 1 aromatic heterocycles. The van der Waals surface area contributed by atoms with Gasteiger partial charge in [0.2, 0.25) is 6.41 Å². The number of rotatable bonds is 12. The Kier molecular flexibility index (Phi) is 13.2. The molecule has 0 bridgehead atoms. The third-order valence-electron chi connectivity index (χ3n) is 4.36. The van der Waals surface area contributed by atoms with Crippen LogP contribution in [0.25, 0.3) is 0 Å². The average Bonchev–Trinajstić information content (AvgIpc) is 3.02. The lowest BCUT2D eigenvalue weighted by Crippen LogP contribution is -2.26. The second-order valence-electron chi connectivity index (χ2n) is 6.77. The van der Waals surface area contributed by atoms with Gasteiger partial charge in [-0.1, -0.05) is 45.4 Å². The molecule has 1 rings (SSSR count). The van der Waals surface area contributed by atoms with Crippen LogP contribution in [0.2, 0.25) is 0 Å². The fourth-order valence-electron chi connectivity index (χ4n) is 2.69. The molecule has 0 saturated carbocycles. The van der Waals surface area contributed by atoms with E-state index < -0.39 is 10.1 Å². The lowest BCUT2D eigenvalue weighted by Gasteiger charge is -2.13. The predicted molar refractivity (Wildman–Crippen MR) is 115 cm³/mol. The molecule has 1 aromatic rings. The molecule has 0 radical (unpaired) electrons. The summed E-state index contributed by atoms with van der Waals surface area (Å²) in [5, 5.41) is 2.64. The summed E-state index contributed by atoms with van der Waals surface area (Å²) in [6, 6.07) is 0. The number of nitrogens with one attached hydrogen (secondary N) is 1. The van der Waals surface area contributed by atoms with E-state index in [1.807, 2.05) is 11.5 Å². The molecule has 0 aliphatic rings. The first kappa shape index (κ1) is 27.1. The zero-order valence-corrected chi connectivity index (χ0v) is 19.3. The molecule has 1 N–H and O–H groups in total. The Morgan fingerprint density at radius 2 is 1.72 bits per heavy atom. The van der Waals surface area contributed by atoms with Gasteiger partial charge in [0.05, 0.1) is 13.4 Å². The van der Waals surface area contributed by atoms with Crippen LogP contribution in [0.15, 0.2) is 0 Å². The van der Waals surface area contributed by atoms with Gasteiger partial charge in [0.25, 0.3) is 16.0 Å². The van der Waals surface area contributed by atoms with Crippen molar-refractivity contribution in [1.29, 1.82) is 0 Å². The summed E-state index contributed by atoms with van der Waals surface area (Å²) in [6.45, 7) is 4.84. The smallest absolute Gasteiger partial charge is 0.271 e. The highest BCUT2D eigenvalue weighted by Gasteiger charge is 2.22. The maximum absolute atomic E-state index is 12.2. The van der Waals surface area contributed by atoms with Crippen LogP contribution in [0.4, 0.5) is 5.82 Å². The lowest BCUT2D eigenvalue weighted by molar-refractivity contribution is -0.107. The van der Waals surface area contributed by atoms with E-state index in [0.717, 1.165) is 38.6 Å². The van der Waals surface area contributed by atoms with Gasteiger partial charge in [0, 0.05) is 20.6 Å². The fraction of sp³-hybridized carbons (Fsp3) is 0.737. The molecular weight excluding hydrogens is 396 g/mol. The number of hydrogen-bond donors (Lipinski definition) is 1. The van der Waals surface area contributed by atoms with E-state index >= 15 is 0 Å². The third kappa shape index (κ3) is 10.4. The van der Waals surface area contributed by atoms with Crippen LogP contribution in [0.3, 0.4) is 0 Å². The number of unbranched alkanes of at least 4 members (excludes halogenated alkanes) is 6. The normalized spacial score (nSPS) is 10.8. The summed E-state index contributed by atoms with van der Waals surface area (Å²) in [5.74, 6) is 0.968. The van der Waals surface area contributed by atoms with Gasteiger partial charge in [-0.05, 0) is 13.3 Å². The molecule has 0 aliphatic carbocycles. The number of hydrogen-bond acceptors (Lipinski definition) is 6. The Bertz CT molecular complexity index is 731. The van der Waals surface area contributed by atoms with Gasteiger partial charge in [-0.3, -0.25) is 13.8 Å². The highest BCUT2D eigenvalue weighted by Crippen LogP contribution is 2.21. The van der Waals surface area contributed by atoms with Crippen molar-refractivity contribution in [3.8, 4) is 0 Å². The molecule has 29 heavy (non-hydrogen) atoms. The van der Waals surface area contributed by atoms with Gasteiger partial charge in [-0.15, -0.1) is 0 Å². The third-order valence-corrected chi connectivity index (χ3v) is 4.97. The second-order valence-corrected chi connectivity index (χ2v) is 8.51. The zero-order valence-electron chi connectivity index (χ0n) is 18.5. The summed E-state index contributed by atoms with van der Waals surface area (Å²) in [5.41, 5.74) is 0.464. The van der Waals surface area contributed by atoms with Crippen LogP contribution in [-0.2, 0) is 25.6 Å². The van der Waals surface area contributed by atoms with Crippen molar-refractivity contribution in [2.24, 2.45) is 0 Å². The Morgan fingerprint density at radius 3 is 2.17 bits per heavy atom. The van der Waals surface area contributed by atoms with E-state index in [-0.39, 0.29) is 5.91 Å². The summed E-state index contributed by atoms with van der Waals surface area (Å²) >= 11 is 0. The lowest BCUT2D eigenvalue weighted by atomic mass is 10.1. The topological polar surface area (TPSA) is 111 Å². The molecule has 0 spiro atoms. The molecule has 0 unspecified atom stereocenters. The number of nitrogens with zero attached hydrogens (tertiary/aromatic N) is 3. The van der Waals surface area contributed by atoms with E-state index in [2.05, 4.69) is 21.4 Å². The largest absolute Gasteiger partial charge is 0.354 e. The van der Waals surface area contributed by atoms with Crippen LogP contribution in [0.1, 0.15) is 68.2 Å². The monoisotopic (exact) mass is 432 g/mol. The predicted octanol–water partition coefficient (Wildman–Crippen LogP) is 2.49. The molecule has 0 aromatic carbocycles. The first-order chi connectivity index (χ1) is 13.6. The second kappa shape index (κ2) is 14.1. The molecule has 2 amide bonds. The Hall–Kier alpha value is -1.94. The first-order valence-corrected chi connectivity index (χ1v) is 11.7. The number of amides is 2. The van der Waals surface area contributed by atoms with Crippen LogP contribution in [-0.4, -0.2) is 57.7 Å². The molecule has 1 heterocycles. The number of carbonyl (C=O) groups excluding carboxylic acids is 2. The van der Waals surface area contributed by atoms with Gasteiger partial charge in [-0.25, -0.2) is 4.98 Å². The van der Waals surface area contributed by atoms with Gasteiger partial charge < -0.3 is 14.8 Å². The minimum atomic E-state index is -3.16. The first-order valence-electron chi connectivity index (χ1n) is 9.85. The van der Waals surface area contributed by atoms with Gasteiger partial charge in [-0.2, -0.15) is 8.42 Å². The molecule has 0 atom stereocenters. The number of anilines is 1. The van der Waals surface area contributed by atoms with Gasteiger partial charge in [0.1, 0.15) is 5.82 Å². The van der Waals surface area contributed by atoms with E-state index in [9.17, 15) is 18.0 Å². The van der Waals surface area contributed by atoms with Crippen molar-refractivity contribution in [1.82, 2.24) is 14.9 Å². The summed E-state index contributed by atoms with van der Waals surface area (Å²) in [4.78, 5) is 28.9. The maximum Gasteiger partial charge on any atom is 0.271 e. The number of carbonyl (C=O) groups is 2. The molecule has 9 nitrogen and oxygen atoms in total. The van der Waals surface area contributed by atoms with E-state index in [1.54, 1.807) is 14.1 Å². The fourth-order valence-corrected chi connectivity index (χ4v) is 2.69. The van der Waals surface area contributed by atoms with Crippen molar-refractivity contribution in [3.63, 3.8) is 0 Å². The zero-order chi connectivity index (χ0) is 22.4. The highest BCUT2D eigenvalue weighted by atomic mass is 32.2. The van der Waals surface area contributed by atoms with Crippen molar-refractivity contribution >= 4 is 28.3 Å². The summed E-state index contributed by atoms with van der Waals surface area (Å²) < 4.78 is 25.4. The molecule has 0 aliphatic heterocycles. The Balaban J connectivity index is 0.00000113. The van der Waals surface area contributed by atoms with Crippen molar-refractivity contribution in [2.75, 3.05) is 32.4 Å². The van der Waals surface area contributed by atoms with Crippen LogP contribution < -0.4 is 10.2 Å². The Morgan fingerprint density at radius 1 is 1.21 bits per heavy atom. The standard InChI is InChI=1S/C17H30N4O2.C2H6O3S/c1-5-6-7-8-9-10-11-12-21-14(2)19-16(20(4)13-22)15(21)17(23)18-3;1-5-6(2,3)4/h13H,5-12H2,1-4H3,(H,18,23);1-2H3. The van der Waals surface area contributed by atoms with Crippen LogP contribution >= 0.6 is 0 Å².